The molecule has 0 rings (SSSR count). The molecule has 0 aromatic rings. The lowest BCUT2D eigenvalue weighted by Crippen LogP contribution is -2.58. The first-order valence-corrected chi connectivity index (χ1v) is 4.91. The molecule has 0 aliphatic carbocycles. The van der Waals surface area contributed by atoms with Crippen LogP contribution in [0.25, 0.3) is 0 Å². The van der Waals surface area contributed by atoms with Crippen molar-refractivity contribution in [2.24, 2.45) is 22.6 Å². The molecule has 80 valence electrons. The van der Waals surface area contributed by atoms with Gasteiger partial charge in [0.1, 0.15) is 0 Å². The molecular formula is C5H12Cl4N4. The lowest BCUT2D eigenvalue weighted by atomic mass is 9.88. The molecule has 6 N–H and O–H groups in total. The van der Waals surface area contributed by atoms with Crippen molar-refractivity contribution >= 4 is 46.8 Å². The molecule has 0 aliphatic heterocycles. The van der Waals surface area contributed by atoms with Crippen LogP contribution in [0.4, 0.5) is 0 Å². The Morgan fingerprint density at radius 3 is 1.31 bits per heavy atom. The summed E-state index contributed by atoms with van der Waals surface area (Å²) in [6, 6.07) is 0. The SMILES string of the molecule is NCC(CN)(CN)C(Cl)(Cl)N(Cl)Cl. The topological polar surface area (TPSA) is 81.3 Å². The van der Waals surface area contributed by atoms with Gasteiger partial charge in [-0.25, -0.2) is 0 Å². The fraction of sp³-hybridized carbons (Fsp3) is 1.00. The van der Waals surface area contributed by atoms with Crippen molar-refractivity contribution in [3.63, 3.8) is 0 Å². The number of alkyl halides is 2. The van der Waals surface area contributed by atoms with Crippen LogP contribution in [-0.2, 0) is 0 Å². The lowest BCUT2D eigenvalue weighted by Gasteiger charge is -2.41. The molecule has 0 saturated carbocycles. The predicted molar refractivity (Wildman–Crippen MR) is 57.6 cm³/mol. The second-order valence-corrected chi connectivity index (χ2v) is 4.80. The Kier molecular flexibility index (Phi) is 5.58. The highest BCUT2D eigenvalue weighted by atomic mass is 35.6. The number of rotatable bonds is 5. The zero-order valence-corrected chi connectivity index (χ0v) is 9.84. The van der Waals surface area contributed by atoms with Gasteiger partial charge in [0.15, 0.2) is 0 Å². The van der Waals surface area contributed by atoms with Crippen LogP contribution >= 0.6 is 46.8 Å². The highest BCUT2D eigenvalue weighted by Crippen LogP contribution is 2.44. The van der Waals surface area contributed by atoms with Crippen molar-refractivity contribution in [2.45, 2.75) is 4.46 Å². The predicted octanol–water partition coefficient (Wildman–Crippen LogP) is 0.590. The van der Waals surface area contributed by atoms with Gasteiger partial charge in [-0.05, 0) is 23.6 Å². The van der Waals surface area contributed by atoms with Gasteiger partial charge in [0.25, 0.3) is 0 Å². The van der Waals surface area contributed by atoms with Gasteiger partial charge in [-0.1, -0.05) is 27.1 Å². The Morgan fingerprint density at radius 2 is 1.23 bits per heavy atom. The maximum Gasteiger partial charge on any atom is 0.207 e. The standard InChI is InChI=1S/C5H12Cl4N4/c6-5(7,13(8)9)4(1-10,2-11)3-12/h1-3,10-12H2. The minimum absolute atomic E-state index is 0.0863. The van der Waals surface area contributed by atoms with Crippen molar-refractivity contribution in [3.8, 4) is 0 Å². The van der Waals surface area contributed by atoms with E-state index < -0.39 is 9.87 Å². The molecule has 0 aromatic carbocycles. The Bertz CT molecular complexity index is 150. The smallest absolute Gasteiger partial charge is 0.207 e. The summed E-state index contributed by atoms with van der Waals surface area (Å²) < 4.78 is -1.00. The molecule has 0 spiro atoms. The van der Waals surface area contributed by atoms with Crippen molar-refractivity contribution in [3.05, 3.63) is 0 Å². The van der Waals surface area contributed by atoms with E-state index in [-0.39, 0.29) is 19.6 Å². The molecule has 0 saturated heterocycles. The van der Waals surface area contributed by atoms with Crippen LogP contribution in [0.5, 0.6) is 0 Å². The Labute approximate surface area is 97.4 Å². The number of nitrogens with two attached hydrogens (primary N) is 3. The minimum atomic E-state index is -1.60. The monoisotopic (exact) mass is 268 g/mol. The quantitative estimate of drug-likeness (QED) is 0.388. The van der Waals surface area contributed by atoms with Gasteiger partial charge in [0, 0.05) is 19.6 Å². The van der Waals surface area contributed by atoms with Gasteiger partial charge >= 0.3 is 0 Å². The van der Waals surface area contributed by atoms with E-state index in [4.69, 9.17) is 64.0 Å². The highest BCUT2D eigenvalue weighted by Gasteiger charge is 2.51. The third-order valence-corrected chi connectivity index (χ3v) is 4.02. The lowest BCUT2D eigenvalue weighted by molar-refractivity contribution is 0.226. The first-order valence-electron chi connectivity index (χ1n) is 3.48. The molecule has 0 radical (unpaired) electrons. The van der Waals surface area contributed by atoms with Crippen LogP contribution in [0.3, 0.4) is 0 Å². The average Bonchev–Trinajstić information content (AvgIpc) is 2.08. The molecule has 13 heavy (non-hydrogen) atoms. The van der Waals surface area contributed by atoms with E-state index in [1.54, 1.807) is 0 Å². The summed E-state index contributed by atoms with van der Waals surface area (Å²) in [5.74, 6) is 0. The van der Waals surface area contributed by atoms with Crippen LogP contribution in [0.2, 0.25) is 0 Å². The Morgan fingerprint density at radius 1 is 0.923 bits per heavy atom. The van der Waals surface area contributed by atoms with Crippen molar-refractivity contribution in [1.29, 1.82) is 0 Å². The summed E-state index contributed by atoms with van der Waals surface area (Å²) in [5.41, 5.74) is 15.5. The molecule has 8 heteroatoms. The summed E-state index contributed by atoms with van der Waals surface area (Å²) >= 11 is 22.7. The average molecular weight is 270 g/mol. The fourth-order valence-corrected chi connectivity index (χ4v) is 1.62. The molecule has 4 nitrogen and oxygen atoms in total. The summed E-state index contributed by atoms with van der Waals surface area (Å²) in [6.45, 7) is 0.259. The van der Waals surface area contributed by atoms with E-state index in [0.717, 1.165) is 0 Å². The zero-order valence-electron chi connectivity index (χ0n) is 6.81. The van der Waals surface area contributed by atoms with Crippen LogP contribution in [0, 0.1) is 5.41 Å². The van der Waals surface area contributed by atoms with Crippen molar-refractivity contribution < 1.29 is 0 Å². The molecule has 0 aliphatic rings. The van der Waals surface area contributed by atoms with E-state index in [0.29, 0.717) is 3.94 Å². The first kappa shape index (κ1) is 14.0. The van der Waals surface area contributed by atoms with Gasteiger partial charge in [-0.3, -0.25) is 0 Å². The third kappa shape index (κ3) is 2.52. The van der Waals surface area contributed by atoms with Gasteiger partial charge < -0.3 is 17.2 Å². The molecule has 0 unspecified atom stereocenters. The third-order valence-electron chi connectivity index (χ3n) is 2.02. The van der Waals surface area contributed by atoms with Gasteiger partial charge in [-0.2, -0.15) is 0 Å². The van der Waals surface area contributed by atoms with Gasteiger partial charge in [0.05, 0.1) is 5.41 Å². The molecule has 0 fully saturated rings. The summed E-state index contributed by atoms with van der Waals surface area (Å²) in [7, 11) is 0. The number of nitrogens with zero attached hydrogens (tertiary/aromatic N) is 1. The Balaban J connectivity index is 4.91. The van der Waals surface area contributed by atoms with E-state index in [1.807, 2.05) is 0 Å². The van der Waals surface area contributed by atoms with Crippen LogP contribution < -0.4 is 17.2 Å². The summed E-state index contributed by atoms with van der Waals surface area (Å²) in [6.07, 6.45) is 0. The maximum absolute atomic E-state index is 5.88. The second kappa shape index (κ2) is 5.19. The fourth-order valence-electron chi connectivity index (χ4n) is 0.798. The number of halogens is 4. The number of hydrogen-bond acceptors (Lipinski definition) is 4. The van der Waals surface area contributed by atoms with Crippen molar-refractivity contribution in [2.75, 3.05) is 19.6 Å². The highest BCUT2D eigenvalue weighted by molar-refractivity contribution is 6.54. The second-order valence-electron chi connectivity index (χ2n) is 2.67. The van der Waals surface area contributed by atoms with Crippen molar-refractivity contribution in [1.82, 2.24) is 3.94 Å². The summed E-state index contributed by atoms with van der Waals surface area (Å²) in [5, 5.41) is 0. The van der Waals surface area contributed by atoms with Crippen LogP contribution in [0.1, 0.15) is 0 Å². The van der Waals surface area contributed by atoms with Crippen LogP contribution in [-0.4, -0.2) is 28.0 Å². The maximum atomic E-state index is 5.88. The first-order chi connectivity index (χ1) is 5.88. The largest absolute Gasteiger partial charge is 0.330 e. The van der Waals surface area contributed by atoms with Crippen LogP contribution in [0.15, 0.2) is 0 Å². The summed E-state index contributed by atoms with van der Waals surface area (Å²) in [4.78, 5) is 0. The van der Waals surface area contributed by atoms with E-state index in [1.165, 1.54) is 0 Å². The van der Waals surface area contributed by atoms with Gasteiger partial charge in [0.2, 0.25) is 4.46 Å². The zero-order chi connectivity index (χ0) is 10.7. The molecule has 0 aromatic heterocycles. The molecular weight excluding hydrogens is 258 g/mol. The molecule has 0 amide bonds. The minimum Gasteiger partial charge on any atom is -0.330 e. The number of hydrogen-bond donors (Lipinski definition) is 3. The van der Waals surface area contributed by atoms with Gasteiger partial charge in [-0.15, -0.1) is 0 Å². The normalized spacial score (nSPS) is 13.8. The van der Waals surface area contributed by atoms with E-state index in [9.17, 15) is 0 Å². The molecule has 0 heterocycles. The van der Waals surface area contributed by atoms with E-state index >= 15 is 0 Å². The molecule has 0 bridgehead atoms. The molecule has 0 atom stereocenters. The van der Waals surface area contributed by atoms with E-state index in [2.05, 4.69) is 0 Å². The Hall–Kier alpha value is 1.00.